The molecule has 2 atom stereocenters. The summed E-state index contributed by atoms with van der Waals surface area (Å²) in [6, 6.07) is 0.933. The van der Waals surface area contributed by atoms with Gasteiger partial charge in [-0.25, -0.2) is 9.97 Å². The summed E-state index contributed by atoms with van der Waals surface area (Å²) in [5.74, 6) is 1.91. The molecule has 5 heteroatoms. The Labute approximate surface area is 129 Å². The second kappa shape index (κ2) is 5.54. The van der Waals surface area contributed by atoms with Gasteiger partial charge in [-0.05, 0) is 26.2 Å². The molecular weight excluding hydrogens is 280 g/mol. The summed E-state index contributed by atoms with van der Waals surface area (Å²) in [4.78, 5) is 10.5. The molecule has 1 aliphatic carbocycles. The van der Waals surface area contributed by atoms with Crippen LogP contribution in [0.15, 0.2) is 18.6 Å². The fraction of sp³-hybridized carbons (Fsp3) is 0.625. The minimum atomic E-state index is 0.382. The van der Waals surface area contributed by atoms with E-state index < -0.39 is 0 Å². The highest BCUT2D eigenvalue weighted by molar-refractivity contribution is 7.11. The molecule has 0 radical (unpaired) electrons. The molecule has 4 rings (SSSR count). The van der Waals surface area contributed by atoms with E-state index in [0.717, 1.165) is 18.9 Å². The van der Waals surface area contributed by atoms with Crippen LogP contribution in [0.1, 0.15) is 72.7 Å². The highest BCUT2D eigenvalue weighted by Gasteiger charge is 2.28. The Balaban J connectivity index is 1.39. The van der Waals surface area contributed by atoms with Gasteiger partial charge in [0.15, 0.2) is 0 Å². The van der Waals surface area contributed by atoms with Crippen molar-refractivity contribution in [1.82, 2.24) is 19.9 Å². The van der Waals surface area contributed by atoms with Gasteiger partial charge in [-0.3, -0.25) is 0 Å². The van der Waals surface area contributed by atoms with Gasteiger partial charge in [0.1, 0.15) is 5.82 Å². The van der Waals surface area contributed by atoms with E-state index in [1.165, 1.54) is 41.4 Å². The first-order valence-corrected chi connectivity index (χ1v) is 8.83. The average Bonchev–Trinajstić information content (AvgIpc) is 3.25. The molecule has 21 heavy (non-hydrogen) atoms. The monoisotopic (exact) mass is 302 g/mol. The molecule has 112 valence electrons. The third kappa shape index (κ3) is 2.53. The number of rotatable bonds is 4. The van der Waals surface area contributed by atoms with Crippen molar-refractivity contribution < 1.29 is 0 Å². The molecule has 3 heterocycles. The summed E-state index contributed by atoms with van der Waals surface area (Å²) in [6.45, 7) is 3.17. The standard InChI is InChI=1S/C16H22N4S/c1-11-8-14(15-17-6-7-20(11)15)18-9-13-10-19-16(21-13)12-4-2-3-5-12/h6-7,10-12,14,18H,2-5,8-9H2,1H3. The average molecular weight is 302 g/mol. The Morgan fingerprint density at radius 3 is 3.05 bits per heavy atom. The van der Waals surface area contributed by atoms with Crippen LogP contribution in [0.2, 0.25) is 0 Å². The van der Waals surface area contributed by atoms with Gasteiger partial charge in [-0.1, -0.05) is 12.8 Å². The molecule has 2 aromatic rings. The first-order chi connectivity index (χ1) is 10.3. The Hall–Kier alpha value is -1.20. The molecule has 0 bridgehead atoms. The Morgan fingerprint density at radius 2 is 2.19 bits per heavy atom. The van der Waals surface area contributed by atoms with Crippen molar-refractivity contribution in [2.75, 3.05) is 0 Å². The van der Waals surface area contributed by atoms with Crippen molar-refractivity contribution >= 4 is 11.3 Å². The van der Waals surface area contributed by atoms with Gasteiger partial charge in [0.05, 0.1) is 11.0 Å². The molecule has 0 aromatic carbocycles. The van der Waals surface area contributed by atoms with E-state index in [9.17, 15) is 0 Å². The SMILES string of the molecule is CC1CC(NCc2cnc(C3CCCC3)s2)c2nccn21. The molecule has 0 amide bonds. The molecular formula is C16H22N4S. The molecule has 0 spiro atoms. The lowest BCUT2D eigenvalue weighted by atomic mass is 10.1. The smallest absolute Gasteiger partial charge is 0.126 e. The molecule has 0 saturated heterocycles. The second-order valence-corrected chi connectivity index (χ2v) is 7.50. The van der Waals surface area contributed by atoms with E-state index in [0.29, 0.717) is 12.1 Å². The normalized spacial score (nSPS) is 25.6. The zero-order chi connectivity index (χ0) is 14.2. The lowest BCUT2D eigenvalue weighted by molar-refractivity contribution is 0.484. The molecule has 1 aliphatic heterocycles. The maximum Gasteiger partial charge on any atom is 0.126 e. The van der Waals surface area contributed by atoms with E-state index >= 15 is 0 Å². The fourth-order valence-electron chi connectivity index (χ4n) is 3.69. The van der Waals surface area contributed by atoms with Gasteiger partial charge in [0, 0.05) is 42.0 Å². The Bertz CT molecular complexity index is 611. The second-order valence-electron chi connectivity index (χ2n) is 6.36. The predicted molar refractivity (Wildman–Crippen MR) is 84.5 cm³/mol. The van der Waals surface area contributed by atoms with Crippen molar-refractivity contribution in [3.63, 3.8) is 0 Å². The largest absolute Gasteiger partial charge is 0.331 e. The number of nitrogens with zero attached hydrogens (tertiary/aromatic N) is 3. The lowest BCUT2D eigenvalue weighted by Gasteiger charge is -2.10. The van der Waals surface area contributed by atoms with Gasteiger partial charge >= 0.3 is 0 Å². The van der Waals surface area contributed by atoms with Crippen LogP contribution in [0, 0.1) is 0 Å². The van der Waals surface area contributed by atoms with Crippen LogP contribution >= 0.6 is 11.3 Å². The first kappa shape index (κ1) is 13.5. The number of imidazole rings is 1. The highest BCUT2D eigenvalue weighted by atomic mass is 32.1. The molecule has 2 aliphatic rings. The quantitative estimate of drug-likeness (QED) is 0.934. The molecule has 1 N–H and O–H groups in total. The third-order valence-electron chi connectivity index (χ3n) is 4.86. The van der Waals surface area contributed by atoms with Crippen molar-refractivity contribution in [2.45, 2.75) is 63.6 Å². The van der Waals surface area contributed by atoms with Crippen molar-refractivity contribution in [3.8, 4) is 0 Å². The zero-order valence-corrected chi connectivity index (χ0v) is 13.3. The third-order valence-corrected chi connectivity index (χ3v) is 6.02. The molecule has 4 nitrogen and oxygen atoms in total. The summed E-state index contributed by atoms with van der Waals surface area (Å²) in [6.07, 6.45) is 12.6. The molecule has 1 saturated carbocycles. The van der Waals surface area contributed by atoms with Crippen LogP contribution in [0.4, 0.5) is 0 Å². The van der Waals surface area contributed by atoms with E-state index in [4.69, 9.17) is 0 Å². The van der Waals surface area contributed by atoms with Gasteiger partial charge in [-0.15, -0.1) is 11.3 Å². The summed E-state index contributed by atoms with van der Waals surface area (Å²) < 4.78 is 2.29. The minimum absolute atomic E-state index is 0.382. The fourth-order valence-corrected chi connectivity index (χ4v) is 4.73. The van der Waals surface area contributed by atoms with E-state index in [1.54, 1.807) is 0 Å². The molecule has 2 aromatic heterocycles. The van der Waals surface area contributed by atoms with E-state index in [-0.39, 0.29) is 0 Å². The van der Waals surface area contributed by atoms with Crippen LogP contribution in [-0.2, 0) is 6.54 Å². The summed E-state index contributed by atoms with van der Waals surface area (Å²) in [5.41, 5.74) is 0. The predicted octanol–water partition coefficient (Wildman–Crippen LogP) is 3.79. The Morgan fingerprint density at radius 1 is 1.33 bits per heavy atom. The topological polar surface area (TPSA) is 42.7 Å². The summed E-state index contributed by atoms with van der Waals surface area (Å²) in [5, 5.41) is 5.01. The van der Waals surface area contributed by atoms with Crippen LogP contribution in [0.25, 0.3) is 0 Å². The number of nitrogens with one attached hydrogen (secondary N) is 1. The van der Waals surface area contributed by atoms with Gasteiger partial charge in [0.25, 0.3) is 0 Å². The highest BCUT2D eigenvalue weighted by Crippen LogP contribution is 2.36. The summed E-state index contributed by atoms with van der Waals surface area (Å²) >= 11 is 1.90. The number of hydrogen-bond donors (Lipinski definition) is 1. The maximum absolute atomic E-state index is 4.65. The van der Waals surface area contributed by atoms with Gasteiger partial charge in [-0.2, -0.15) is 0 Å². The number of aromatic nitrogens is 3. The first-order valence-electron chi connectivity index (χ1n) is 8.02. The minimum Gasteiger partial charge on any atom is -0.331 e. The molecule has 1 fully saturated rings. The van der Waals surface area contributed by atoms with Crippen molar-refractivity contribution in [1.29, 1.82) is 0 Å². The van der Waals surface area contributed by atoms with Gasteiger partial charge in [0.2, 0.25) is 0 Å². The number of hydrogen-bond acceptors (Lipinski definition) is 4. The number of fused-ring (bicyclic) bond motifs is 1. The lowest BCUT2D eigenvalue weighted by Crippen LogP contribution is -2.18. The summed E-state index contributed by atoms with van der Waals surface area (Å²) in [7, 11) is 0. The van der Waals surface area contributed by atoms with E-state index in [1.807, 2.05) is 17.5 Å². The Kier molecular flexibility index (Phi) is 3.55. The van der Waals surface area contributed by atoms with Crippen molar-refractivity contribution in [3.05, 3.63) is 34.3 Å². The van der Waals surface area contributed by atoms with E-state index in [2.05, 4.69) is 39.2 Å². The van der Waals surface area contributed by atoms with Crippen molar-refractivity contribution in [2.24, 2.45) is 0 Å². The van der Waals surface area contributed by atoms with Crippen LogP contribution in [-0.4, -0.2) is 14.5 Å². The number of thiazole rings is 1. The van der Waals surface area contributed by atoms with Gasteiger partial charge < -0.3 is 9.88 Å². The van der Waals surface area contributed by atoms with Crippen LogP contribution in [0.3, 0.4) is 0 Å². The van der Waals surface area contributed by atoms with Crippen LogP contribution < -0.4 is 5.32 Å². The molecule has 2 unspecified atom stereocenters. The zero-order valence-electron chi connectivity index (χ0n) is 12.5. The van der Waals surface area contributed by atoms with Crippen LogP contribution in [0.5, 0.6) is 0 Å². The maximum atomic E-state index is 4.65.